The Morgan fingerprint density at radius 2 is 1.88 bits per heavy atom. The van der Waals surface area contributed by atoms with E-state index in [9.17, 15) is 0 Å². The highest BCUT2D eigenvalue weighted by Gasteiger charge is 2.09. The van der Waals surface area contributed by atoms with Gasteiger partial charge in [0.15, 0.2) is 0 Å². The van der Waals surface area contributed by atoms with Crippen molar-refractivity contribution in [2.45, 2.75) is 19.9 Å². The maximum Gasteiger partial charge on any atom is 0.0684 e. The van der Waals surface area contributed by atoms with E-state index in [1.54, 1.807) is 0 Å². The summed E-state index contributed by atoms with van der Waals surface area (Å²) in [6.07, 6.45) is 1.13. The van der Waals surface area contributed by atoms with Crippen molar-refractivity contribution >= 4 is 17.3 Å². The first-order chi connectivity index (χ1) is 7.56. The van der Waals surface area contributed by atoms with Crippen molar-refractivity contribution in [2.75, 3.05) is 32.6 Å². The van der Waals surface area contributed by atoms with Gasteiger partial charge in [0.2, 0.25) is 0 Å². The molecular formula is C13H21ClN2. The first-order valence-corrected chi connectivity index (χ1v) is 6.07. The minimum absolute atomic E-state index is 0.882. The van der Waals surface area contributed by atoms with Gasteiger partial charge in [0, 0.05) is 20.1 Å². The molecule has 0 fully saturated rings. The van der Waals surface area contributed by atoms with E-state index in [-0.39, 0.29) is 0 Å². The summed E-state index contributed by atoms with van der Waals surface area (Å²) in [6.45, 7) is 4.09. The molecule has 0 amide bonds. The van der Waals surface area contributed by atoms with Crippen molar-refractivity contribution in [2.24, 2.45) is 0 Å². The smallest absolute Gasteiger partial charge is 0.0684 e. The van der Waals surface area contributed by atoms with E-state index in [0.717, 1.165) is 30.2 Å². The molecule has 0 aliphatic heterocycles. The molecule has 1 aromatic rings. The Kier molecular flexibility index (Phi) is 5.10. The predicted octanol–water partition coefficient (Wildman–Crippen LogP) is 3.25. The molecule has 1 rings (SSSR count). The van der Waals surface area contributed by atoms with Crippen LogP contribution in [0, 0.1) is 0 Å². The molecular weight excluding hydrogens is 220 g/mol. The van der Waals surface area contributed by atoms with Crippen LogP contribution in [0.4, 0.5) is 5.69 Å². The van der Waals surface area contributed by atoms with Gasteiger partial charge in [-0.25, -0.2) is 0 Å². The summed E-state index contributed by atoms with van der Waals surface area (Å²) >= 11 is 6.42. The third-order valence-corrected chi connectivity index (χ3v) is 2.95. The standard InChI is InChI=1S/C13H21ClN2/c1-5-9-16(4)12-8-6-7-11(13(12)14)10-15(2)3/h6-8H,5,9-10H2,1-4H3. The summed E-state index contributed by atoms with van der Waals surface area (Å²) < 4.78 is 0. The fourth-order valence-corrected chi connectivity index (χ4v) is 2.11. The van der Waals surface area contributed by atoms with E-state index in [0.29, 0.717) is 0 Å². The van der Waals surface area contributed by atoms with Crippen LogP contribution in [0.15, 0.2) is 18.2 Å². The number of halogens is 1. The number of anilines is 1. The molecule has 1 aromatic carbocycles. The Balaban J connectivity index is 2.94. The van der Waals surface area contributed by atoms with E-state index in [1.165, 1.54) is 5.56 Å². The normalized spacial score (nSPS) is 10.9. The SMILES string of the molecule is CCCN(C)c1cccc(CN(C)C)c1Cl. The average Bonchev–Trinajstić information content (AvgIpc) is 2.21. The zero-order valence-electron chi connectivity index (χ0n) is 10.6. The molecule has 0 aromatic heterocycles. The molecule has 2 nitrogen and oxygen atoms in total. The largest absolute Gasteiger partial charge is 0.373 e. The summed E-state index contributed by atoms with van der Waals surface area (Å²) in [7, 11) is 6.20. The van der Waals surface area contributed by atoms with Crippen molar-refractivity contribution in [3.8, 4) is 0 Å². The van der Waals surface area contributed by atoms with Gasteiger partial charge in [0.25, 0.3) is 0 Å². The Morgan fingerprint density at radius 3 is 2.44 bits per heavy atom. The molecule has 3 heteroatoms. The first kappa shape index (κ1) is 13.3. The van der Waals surface area contributed by atoms with E-state index in [1.807, 2.05) is 0 Å². The summed E-state index contributed by atoms with van der Waals surface area (Å²) in [5.41, 5.74) is 2.31. The van der Waals surface area contributed by atoms with E-state index >= 15 is 0 Å². The van der Waals surface area contributed by atoms with Crippen LogP contribution in [0.25, 0.3) is 0 Å². The Labute approximate surface area is 104 Å². The van der Waals surface area contributed by atoms with Gasteiger partial charge >= 0.3 is 0 Å². The molecule has 0 unspecified atom stereocenters. The summed E-state index contributed by atoms with van der Waals surface area (Å²) in [4.78, 5) is 4.34. The maximum absolute atomic E-state index is 6.42. The molecule has 0 saturated carbocycles. The van der Waals surface area contributed by atoms with Gasteiger partial charge in [0.05, 0.1) is 10.7 Å². The third kappa shape index (κ3) is 3.39. The van der Waals surface area contributed by atoms with Gasteiger partial charge < -0.3 is 9.80 Å². The zero-order valence-corrected chi connectivity index (χ0v) is 11.4. The maximum atomic E-state index is 6.42. The molecule has 0 atom stereocenters. The molecule has 0 aliphatic rings. The quantitative estimate of drug-likeness (QED) is 0.780. The van der Waals surface area contributed by atoms with Gasteiger partial charge in [-0.05, 0) is 32.1 Å². The van der Waals surface area contributed by atoms with E-state index in [4.69, 9.17) is 11.6 Å². The fourth-order valence-electron chi connectivity index (χ4n) is 1.78. The third-order valence-electron chi connectivity index (χ3n) is 2.52. The molecule has 16 heavy (non-hydrogen) atoms. The van der Waals surface area contributed by atoms with E-state index < -0.39 is 0 Å². The second-order valence-electron chi connectivity index (χ2n) is 4.41. The molecule has 0 aliphatic carbocycles. The zero-order chi connectivity index (χ0) is 12.1. The van der Waals surface area contributed by atoms with Crippen LogP contribution in [0.5, 0.6) is 0 Å². The number of hydrogen-bond acceptors (Lipinski definition) is 2. The van der Waals surface area contributed by atoms with Crippen LogP contribution < -0.4 is 4.90 Å². The van der Waals surface area contributed by atoms with Crippen LogP contribution in [-0.2, 0) is 6.54 Å². The second kappa shape index (κ2) is 6.12. The minimum Gasteiger partial charge on any atom is -0.373 e. The Bertz CT molecular complexity index is 337. The topological polar surface area (TPSA) is 6.48 Å². The summed E-state index contributed by atoms with van der Waals surface area (Å²) in [6, 6.07) is 6.25. The Hall–Kier alpha value is -0.730. The molecule has 0 spiro atoms. The lowest BCUT2D eigenvalue weighted by Crippen LogP contribution is -2.19. The molecule has 0 heterocycles. The van der Waals surface area contributed by atoms with Crippen LogP contribution in [0.2, 0.25) is 5.02 Å². The number of nitrogens with zero attached hydrogens (tertiary/aromatic N) is 2. The van der Waals surface area contributed by atoms with Gasteiger partial charge in [0.1, 0.15) is 0 Å². The highest BCUT2D eigenvalue weighted by atomic mass is 35.5. The molecule has 0 N–H and O–H groups in total. The monoisotopic (exact) mass is 240 g/mol. The van der Waals surface area contributed by atoms with Gasteiger partial charge in [-0.15, -0.1) is 0 Å². The van der Waals surface area contributed by atoms with Crippen molar-refractivity contribution in [1.82, 2.24) is 4.90 Å². The Morgan fingerprint density at radius 1 is 1.19 bits per heavy atom. The van der Waals surface area contributed by atoms with Crippen LogP contribution in [0.3, 0.4) is 0 Å². The number of rotatable bonds is 5. The van der Waals surface area contributed by atoms with Crippen molar-refractivity contribution < 1.29 is 0 Å². The van der Waals surface area contributed by atoms with E-state index in [2.05, 4.69) is 56.1 Å². The lowest BCUT2D eigenvalue weighted by atomic mass is 10.1. The fraction of sp³-hybridized carbons (Fsp3) is 0.538. The summed E-state index contributed by atoms with van der Waals surface area (Å²) in [5.74, 6) is 0. The highest BCUT2D eigenvalue weighted by Crippen LogP contribution is 2.29. The minimum atomic E-state index is 0.882. The number of hydrogen-bond donors (Lipinski definition) is 0. The van der Waals surface area contributed by atoms with Gasteiger partial charge in [-0.1, -0.05) is 30.7 Å². The molecule has 0 radical (unpaired) electrons. The summed E-state index contributed by atoms with van der Waals surface area (Å²) in [5, 5.41) is 0.882. The molecule has 90 valence electrons. The van der Waals surface area contributed by atoms with Crippen molar-refractivity contribution in [1.29, 1.82) is 0 Å². The lowest BCUT2D eigenvalue weighted by molar-refractivity contribution is 0.402. The predicted molar refractivity (Wildman–Crippen MR) is 72.4 cm³/mol. The highest BCUT2D eigenvalue weighted by molar-refractivity contribution is 6.34. The lowest BCUT2D eigenvalue weighted by Gasteiger charge is -2.22. The number of benzene rings is 1. The first-order valence-electron chi connectivity index (χ1n) is 5.69. The van der Waals surface area contributed by atoms with Crippen LogP contribution >= 0.6 is 11.6 Å². The second-order valence-corrected chi connectivity index (χ2v) is 4.79. The van der Waals surface area contributed by atoms with Crippen molar-refractivity contribution in [3.63, 3.8) is 0 Å². The molecule has 0 saturated heterocycles. The average molecular weight is 241 g/mol. The van der Waals surface area contributed by atoms with Gasteiger partial charge in [-0.3, -0.25) is 0 Å². The molecule has 0 bridgehead atoms. The van der Waals surface area contributed by atoms with Crippen LogP contribution in [0.1, 0.15) is 18.9 Å². The van der Waals surface area contributed by atoms with Crippen molar-refractivity contribution in [3.05, 3.63) is 28.8 Å². The van der Waals surface area contributed by atoms with Gasteiger partial charge in [-0.2, -0.15) is 0 Å². The van der Waals surface area contributed by atoms with Crippen LogP contribution in [-0.4, -0.2) is 32.6 Å².